The van der Waals surface area contributed by atoms with E-state index in [-0.39, 0.29) is 24.6 Å². The summed E-state index contributed by atoms with van der Waals surface area (Å²) in [4.78, 5) is 13.9. The van der Waals surface area contributed by atoms with Gasteiger partial charge in [-0.05, 0) is 37.1 Å². The van der Waals surface area contributed by atoms with E-state index < -0.39 is 15.6 Å². The van der Waals surface area contributed by atoms with Gasteiger partial charge in [-0.15, -0.1) is 0 Å². The second-order valence-corrected chi connectivity index (χ2v) is 10.1. The van der Waals surface area contributed by atoms with Gasteiger partial charge in [-0.25, -0.2) is 8.42 Å². The van der Waals surface area contributed by atoms with Crippen molar-refractivity contribution < 1.29 is 17.9 Å². The van der Waals surface area contributed by atoms with Gasteiger partial charge in [0.1, 0.15) is 6.61 Å². The van der Waals surface area contributed by atoms with Crippen LogP contribution in [0.4, 0.5) is 0 Å². The van der Waals surface area contributed by atoms with Crippen LogP contribution in [0.2, 0.25) is 0 Å². The molecular formula is C21H24N2O4S. The molecule has 1 amide bonds. The number of carbonyl (C=O) groups is 1. The number of sulfonamides is 1. The summed E-state index contributed by atoms with van der Waals surface area (Å²) < 4.78 is 35.1. The molecule has 0 N–H and O–H groups in total. The van der Waals surface area contributed by atoms with Gasteiger partial charge in [-0.3, -0.25) is 4.79 Å². The van der Waals surface area contributed by atoms with Crippen LogP contribution < -0.4 is 0 Å². The van der Waals surface area contributed by atoms with E-state index in [4.69, 9.17) is 4.74 Å². The van der Waals surface area contributed by atoms with Gasteiger partial charge in [0.05, 0.1) is 10.5 Å². The van der Waals surface area contributed by atoms with Crippen LogP contribution >= 0.6 is 0 Å². The van der Waals surface area contributed by atoms with Crippen molar-refractivity contribution in [3.05, 3.63) is 42.5 Å². The third-order valence-corrected chi connectivity index (χ3v) is 8.59. The number of hydrogen-bond acceptors (Lipinski definition) is 4. The maximum absolute atomic E-state index is 13.7. The Balaban J connectivity index is 1.50. The molecule has 2 aromatic carbocycles. The van der Waals surface area contributed by atoms with E-state index in [0.717, 1.165) is 23.6 Å². The molecule has 0 saturated carbocycles. The first-order chi connectivity index (χ1) is 13.4. The van der Waals surface area contributed by atoms with E-state index in [2.05, 4.69) is 0 Å². The Kier molecular flexibility index (Phi) is 4.05. The van der Waals surface area contributed by atoms with Crippen molar-refractivity contribution in [2.75, 3.05) is 20.2 Å². The summed E-state index contributed by atoms with van der Waals surface area (Å²) in [6, 6.07) is 12.9. The zero-order valence-electron chi connectivity index (χ0n) is 15.9. The Morgan fingerprint density at radius 1 is 1.04 bits per heavy atom. The Morgan fingerprint density at radius 2 is 1.71 bits per heavy atom. The van der Waals surface area contributed by atoms with Crippen LogP contribution in [0.15, 0.2) is 47.4 Å². The van der Waals surface area contributed by atoms with Gasteiger partial charge in [0.2, 0.25) is 15.9 Å². The monoisotopic (exact) mass is 400 g/mol. The molecule has 3 fully saturated rings. The number of hydrogen-bond donors (Lipinski definition) is 0. The second-order valence-electron chi connectivity index (χ2n) is 8.33. The van der Waals surface area contributed by atoms with E-state index in [1.165, 1.54) is 0 Å². The molecule has 0 radical (unpaired) electrons. The van der Waals surface area contributed by atoms with E-state index in [9.17, 15) is 13.2 Å². The molecule has 28 heavy (non-hydrogen) atoms. The Morgan fingerprint density at radius 3 is 2.43 bits per heavy atom. The molecule has 6 nitrogen and oxygen atoms in total. The van der Waals surface area contributed by atoms with Crippen LogP contribution in [-0.2, 0) is 19.6 Å². The van der Waals surface area contributed by atoms with Gasteiger partial charge in [0, 0.05) is 31.1 Å². The fraction of sp³-hybridized carbons (Fsp3) is 0.476. The molecular weight excluding hydrogens is 376 g/mol. The molecule has 3 saturated heterocycles. The van der Waals surface area contributed by atoms with Gasteiger partial charge in [-0.1, -0.05) is 36.4 Å². The number of fused-ring (bicyclic) bond motifs is 3. The topological polar surface area (TPSA) is 66.9 Å². The van der Waals surface area contributed by atoms with Crippen LogP contribution in [0, 0.1) is 0 Å². The van der Waals surface area contributed by atoms with Crippen molar-refractivity contribution in [1.29, 1.82) is 0 Å². The van der Waals surface area contributed by atoms with E-state index in [1.54, 1.807) is 22.3 Å². The maximum atomic E-state index is 13.7. The molecule has 1 spiro atoms. The summed E-state index contributed by atoms with van der Waals surface area (Å²) in [7, 11) is -1.81. The lowest BCUT2D eigenvalue weighted by Crippen LogP contribution is -2.61. The van der Waals surface area contributed by atoms with Crippen molar-refractivity contribution >= 4 is 26.7 Å². The fourth-order valence-corrected chi connectivity index (χ4v) is 7.41. The average Bonchev–Trinajstić information content (AvgIpc) is 2.98. The maximum Gasteiger partial charge on any atom is 0.248 e. The summed E-state index contributed by atoms with van der Waals surface area (Å²) in [6.07, 6.45) is 2.98. The molecule has 148 valence electrons. The molecule has 2 atom stereocenters. The van der Waals surface area contributed by atoms with E-state index in [0.29, 0.717) is 24.3 Å². The summed E-state index contributed by atoms with van der Waals surface area (Å²) >= 11 is 0. The minimum Gasteiger partial charge on any atom is -0.363 e. The normalized spacial score (nSPS) is 31.0. The molecule has 3 aliphatic heterocycles. The minimum absolute atomic E-state index is 0.0104. The summed E-state index contributed by atoms with van der Waals surface area (Å²) in [5, 5.41) is 1.70. The van der Waals surface area contributed by atoms with Crippen LogP contribution in [0.25, 0.3) is 10.8 Å². The lowest BCUT2D eigenvalue weighted by molar-refractivity contribution is -0.170. The van der Waals surface area contributed by atoms with Crippen LogP contribution in [0.5, 0.6) is 0 Å². The summed E-state index contributed by atoms with van der Waals surface area (Å²) in [5.74, 6) is -0.0104. The third kappa shape index (κ3) is 2.68. The van der Waals surface area contributed by atoms with E-state index >= 15 is 0 Å². The smallest absolute Gasteiger partial charge is 0.248 e. The van der Waals surface area contributed by atoms with Gasteiger partial charge in [0.25, 0.3) is 0 Å². The first-order valence-corrected chi connectivity index (χ1v) is 11.2. The molecule has 0 aromatic heterocycles. The van der Waals surface area contributed by atoms with Crippen molar-refractivity contribution in [3.63, 3.8) is 0 Å². The summed E-state index contributed by atoms with van der Waals surface area (Å²) in [6.45, 7) is 0.632. The number of benzene rings is 2. The Labute approximate surface area is 165 Å². The molecule has 7 heteroatoms. The predicted octanol–water partition coefficient (Wildman–Crippen LogP) is 2.38. The standard InChI is InChI=1S/C21H24N2O4S/c1-22-14-21(27-13-20(22)24)11-16-9-10-17(12-21)23(16)28(25,26)19-8-4-6-15-5-2-3-7-18(15)19/h2-8,16-17H,9-14H2,1H3. The van der Waals surface area contributed by atoms with Gasteiger partial charge in [-0.2, -0.15) is 4.31 Å². The first-order valence-electron chi connectivity index (χ1n) is 9.79. The average molecular weight is 401 g/mol. The van der Waals surface area contributed by atoms with Crippen LogP contribution in [0.3, 0.4) is 0 Å². The molecule has 2 bridgehead atoms. The molecule has 3 heterocycles. The number of amides is 1. The fourth-order valence-electron chi connectivity index (χ4n) is 5.33. The highest BCUT2D eigenvalue weighted by Crippen LogP contribution is 2.46. The highest BCUT2D eigenvalue weighted by molar-refractivity contribution is 7.89. The second kappa shape index (κ2) is 6.27. The predicted molar refractivity (Wildman–Crippen MR) is 105 cm³/mol. The molecule has 2 aromatic rings. The molecule has 3 aliphatic rings. The molecule has 2 unspecified atom stereocenters. The van der Waals surface area contributed by atoms with Crippen molar-refractivity contribution in [2.24, 2.45) is 0 Å². The zero-order valence-corrected chi connectivity index (χ0v) is 16.7. The number of morpholine rings is 1. The van der Waals surface area contributed by atoms with Gasteiger partial charge in [0.15, 0.2) is 0 Å². The quantitative estimate of drug-likeness (QED) is 0.776. The number of rotatable bonds is 2. The number of carbonyl (C=O) groups excluding carboxylic acids is 1. The molecule has 0 aliphatic carbocycles. The van der Waals surface area contributed by atoms with E-state index in [1.807, 2.05) is 36.4 Å². The minimum atomic E-state index is -3.61. The van der Waals surface area contributed by atoms with Crippen LogP contribution in [0.1, 0.15) is 25.7 Å². The van der Waals surface area contributed by atoms with Crippen molar-refractivity contribution in [2.45, 2.75) is 48.3 Å². The number of likely N-dealkylation sites (N-methyl/N-ethyl adjacent to an activating group) is 1. The number of piperidine rings is 1. The van der Waals surface area contributed by atoms with Gasteiger partial charge >= 0.3 is 0 Å². The third-order valence-electron chi connectivity index (χ3n) is 6.53. The Hall–Kier alpha value is -1.96. The first kappa shape index (κ1) is 18.1. The van der Waals surface area contributed by atoms with Crippen LogP contribution in [-0.4, -0.2) is 61.4 Å². The Bertz CT molecular complexity index is 1030. The number of ether oxygens (including phenoxy) is 1. The van der Waals surface area contributed by atoms with Crippen molar-refractivity contribution in [3.8, 4) is 0 Å². The van der Waals surface area contributed by atoms with Crippen molar-refractivity contribution in [1.82, 2.24) is 9.21 Å². The lowest BCUT2D eigenvalue weighted by atomic mass is 9.86. The largest absolute Gasteiger partial charge is 0.363 e. The summed E-state index contributed by atoms with van der Waals surface area (Å²) in [5.41, 5.74) is -0.417. The SMILES string of the molecule is CN1CC2(CC3CCC(C2)N3S(=O)(=O)c2cccc3ccccc23)OCC1=O. The highest BCUT2D eigenvalue weighted by atomic mass is 32.2. The van der Waals surface area contributed by atoms with Gasteiger partial charge < -0.3 is 9.64 Å². The number of nitrogens with zero attached hydrogens (tertiary/aromatic N) is 2. The lowest BCUT2D eigenvalue weighted by Gasteiger charge is -2.49. The zero-order chi connectivity index (χ0) is 19.5. The molecule has 5 rings (SSSR count). The highest BCUT2D eigenvalue weighted by Gasteiger charge is 2.55.